The fourth-order valence-corrected chi connectivity index (χ4v) is 7.21. The zero-order valence-corrected chi connectivity index (χ0v) is 25.0. The van der Waals surface area contributed by atoms with Crippen LogP contribution in [0.5, 0.6) is 0 Å². The van der Waals surface area contributed by atoms with Crippen molar-refractivity contribution in [3.8, 4) is 0 Å². The lowest BCUT2D eigenvalue weighted by Crippen LogP contribution is -2.46. The lowest BCUT2D eigenvalue weighted by atomic mass is 10.1. The predicted molar refractivity (Wildman–Crippen MR) is 164 cm³/mol. The van der Waals surface area contributed by atoms with Gasteiger partial charge in [0.2, 0.25) is 11.8 Å². The van der Waals surface area contributed by atoms with Crippen molar-refractivity contribution in [2.75, 3.05) is 38.5 Å². The molecule has 0 bridgehead atoms. The number of benzene rings is 2. The van der Waals surface area contributed by atoms with Crippen LogP contribution in [0.15, 0.2) is 48.5 Å². The zero-order valence-electron chi connectivity index (χ0n) is 23.4. The summed E-state index contributed by atoms with van der Waals surface area (Å²) in [5, 5.41) is 9.12. The van der Waals surface area contributed by atoms with Gasteiger partial charge in [0, 0.05) is 54.7 Å². The Morgan fingerprint density at radius 1 is 0.800 bits per heavy atom. The Labute approximate surface area is 245 Å². The van der Waals surface area contributed by atoms with Crippen LogP contribution in [-0.2, 0) is 9.59 Å². The lowest BCUT2D eigenvalue weighted by molar-refractivity contribution is -0.132. The molecule has 1 fully saturated rings. The van der Waals surface area contributed by atoms with Crippen molar-refractivity contribution < 1.29 is 19.2 Å². The van der Waals surface area contributed by atoms with Gasteiger partial charge < -0.3 is 20.9 Å². The molecule has 1 atom stereocenters. The molecule has 1 unspecified atom stereocenters. The van der Waals surface area contributed by atoms with Crippen LogP contribution in [0, 0.1) is 13.8 Å². The number of hydrogen-bond donors (Lipinski definition) is 3. The second-order valence-electron chi connectivity index (χ2n) is 9.98. The summed E-state index contributed by atoms with van der Waals surface area (Å²) >= 11 is 0. The first kappa shape index (κ1) is 31.5. The van der Waals surface area contributed by atoms with Crippen LogP contribution >= 0.6 is 21.6 Å². The number of carbonyl (C=O) groups excluding carboxylic acids is 4. The predicted octanol–water partition coefficient (Wildman–Crippen LogP) is 4.12. The number of nitrogens with one attached hydrogen (secondary N) is 3. The molecule has 2 aromatic carbocycles. The minimum atomic E-state index is -0.262. The van der Waals surface area contributed by atoms with Crippen molar-refractivity contribution in [1.82, 2.24) is 20.9 Å². The van der Waals surface area contributed by atoms with E-state index in [0.717, 1.165) is 30.4 Å². The molecule has 0 spiro atoms. The van der Waals surface area contributed by atoms with Crippen molar-refractivity contribution >= 4 is 45.2 Å². The van der Waals surface area contributed by atoms with Gasteiger partial charge >= 0.3 is 0 Å². The second kappa shape index (κ2) is 17.0. The van der Waals surface area contributed by atoms with E-state index in [1.807, 2.05) is 59.7 Å². The quantitative estimate of drug-likeness (QED) is 0.215. The van der Waals surface area contributed by atoms with Crippen molar-refractivity contribution in [3.05, 3.63) is 70.8 Å². The molecule has 40 heavy (non-hydrogen) atoms. The Balaban J connectivity index is 1.45. The normalized spacial score (nSPS) is 14.4. The molecule has 0 aromatic heterocycles. The van der Waals surface area contributed by atoms with Gasteiger partial charge in [0.25, 0.3) is 11.8 Å². The van der Waals surface area contributed by atoms with Gasteiger partial charge in [-0.1, -0.05) is 63.4 Å². The molecule has 1 aliphatic rings. The Morgan fingerprint density at radius 3 is 1.85 bits per heavy atom. The number of unbranched alkanes of at least 4 members (excludes halogenated alkanes) is 1. The molecule has 4 amide bonds. The molecule has 0 radical (unpaired) electrons. The monoisotopic (exact) mass is 584 g/mol. The van der Waals surface area contributed by atoms with Crippen LogP contribution in [0.4, 0.5) is 0 Å². The summed E-state index contributed by atoms with van der Waals surface area (Å²) in [5.41, 5.74) is 3.22. The van der Waals surface area contributed by atoms with E-state index >= 15 is 0 Å². The fourth-order valence-electron chi connectivity index (χ4n) is 4.18. The number of nitrogens with zero attached hydrogens (tertiary/aromatic N) is 1. The maximum absolute atomic E-state index is 13.0. The van der Waals surface area contributed by atoms with Crippen molar-refractivity contribution in [1.29, 1.82) is 0 Å². The van der Waals surface area contributed by atoms with E-state index in [1.54, 1.807) is 29.2 Å². The molecule has 1 saturated heterocycles. The summed E-state index contributed by atoms with van der Waals surface area (Å²) in [5.74, 6) is 0.370. The number of rotatable bonds is 15. The summed E-state index contributed by atoms with van der Waals surface area (Å²) in [6.07, 6.45) is 4.58. The van der Waals surface area contributed by atoms with Gasteiger partial charge in [0.15, 0.2) is 0 Å². The highest BCUT2D eigenvalue weighted by Crippen LogP contribution is 2.39. The molecule has 3 N–H and O–H groups in total. The van der Waals surface area contributed by atoms with Gasteiger partial charge in [-0.25, -0.2) is 0 Å². The third-order valence-electron chi connectivity index (χ3n) is 6.66. The molecule has 3 rings (SSSR count). The fraction of sp³-hybridized carbons (Fsp3) is 0.467. The van der Waals surface area contributed by atoms with E-state index in [4.69, 9.17) is 0 Å². The summed E-state index contributed by atoms with van der Waals surface area (Å²) in [6, 6.07) is 14.5. The molecule has 10 heteroatoms. The van der Waals surface area contributed by atoms with E-state index in [9.17, 15) is 19.2 Å². The molecule has 0 aliphatic carbocycles. The first-order valence-corrected chi connectivity index (χ1v) is 16.2. The summed E-state index contributed by atoms with van der Waals surface area (Å²) in [4.78, 5) is 51.9. The van der Waals surface area contributed by atoms with Gasteiger partial charge in [-0.15, -0.1) is 0 Å². The lowest BCUT2D eigenvalue weighted by Gasteiger charge is -2.23. The largest absolute Gasteiger partial charge is 0.350 e. The molecule has 216 valence electrons. The molecule has 1 heterocycles. The highest BCUT2D eigenvalue weighted by molar-refractivity contribution is 8.77. The Kier molecular flexibility index (Phi) is 13.4. The number of amides is 4. The standard InChI is InChI=1S/C30H40N4O4S2/c1-22-7-11-24(12-8-22)29(37)31-16-18-34(19-17-32-30(38)25-13-9-23(2)10-14-25)28(36)21-33-27(35)6-4-3-5-26-15-20-39-40-26/h7-14,26H,3-6,15-21H2,1-2H3,(H,31,37)(H,32,38)(H,33,35). The topological polar surface area (TPSA) is 108 Å². The average molecular weight is 585 g/mol. The number of aryl methyl sites for hydroxylation is 2. The SMILES string of the molecule is Cc1ccc(C(=O)NCCN(CCNC(=O)c2ccc(C)cc2)C(=O)CNC(=O)CCCCC2CCSS2)cc1. The number of carbonyl (C=O) groups is 4. The second-order valence-corrected chi connectivity index (χ2v) is 12.8. The highest BCUT2D eigenvalue weighted by atomic mass is 33.1. The number of hydrogen-bond acceptors (Lipinski definition) is 6. The summed E-state index contributed by atoms with van der Waals surface area (Å²) < 4.78 is 0. The maximum Gasteiger partial charge on any atom is 0.251 e. The van der Waals surface area contributed by atoms with Gasteiger partial charge in [-0.3, -0.25) is 19.2 Å². The van der Waals surface area contributed by atoms with E-state index < -0.39 is 0 Å². The van der Waals surface area contributed by atoms with Crippen LogP contribution in [-0.4, -0.2) is 72.3 Å². The first-order chi connectivity index (χ1) is 19.3. The van der Waals surface area contributed by atoms with E-state index in [2.05, 4.69) is 16.0 Å². The maximum atomic E-state index is 13.0. The summed E-state index contributed by atoms with van der Waals surface area (Å²) in [7, 11) is 3.87. The molecular weight excluding hydrogens is 544 g/mol. The van der Waals surface area contributed by atoms with Crippen molar-refractivity contribution in [3.63, 3.8) is 0 Å². The van der Waals surface area contributed by atoms with Gasteiger partial charge in [0.05, 0.1) is 6.54 Å². The Morgan fingerprint density at radius 2 is 1.35 bits per heavy atom. The van der Waals surface area contributed by atoms with Crippen molar-refractivity contribution in [2.45, 2.75) is 51.2 Å². The Hall–Kier alpha value is -2.98. The van der Waals surface area contributed by atoms with Crippen LogP contribution in [0.1, 0.15) is 63.9 Å². The first-order valence-electron chi connectivity index (χ1n) is 13.8. The van der Waals surface area contributed by atoms with Crippen LogP contribution in [0.3, 0.4) is 0 Å². The zero-order chi connectivity index (χ0) is 28.7. The smallest absolute Gasteiger partial charge is 0.251 e. The van der Waals surface area contributed by atoms with Crippen LogP contribution < -0.4 is 16.0 Å². The van der Waals surface area contributed by atoms with Crippen LogP contribution in [0.25, 0.3) is 0 Å². The minimum Gasteiger partial charge on any atom is -0.350 e. The molecular formula is C30H40N4O4S2. The molecule has 8 nitrogen and oxygen atoms in total. The molecule has 1 aliphatic heterocycles. The van der Waals surface area contributed by atoms with Crippen molar-refractivity contribution in [2.24, 2.45) is 0 Å². The van der Waals surface area contributed by atoms with Crippen LogP contribution in [0.2, 0.25) is 0 Å². The third-order valence-corrected chi connectivity index (χ3v) is 9.67. The molecule has 0 saturated carbocycles. The highest BCUT2D eigenvalue weighted by Gasteiger charge is 2.18. The Bertz CT molecular complexity index is 1060. The van der Waals surface area contributed by atoms with Gasteiger partial charge in [-0.2, -0.15) is 0 Å². The van der Waals surface area contributed by atoms with Gasteiger partial charge in [-0.05, 0) is 57.4 Å². The third kappa shape index (κ3) is 11.3. The summed E-state index contributed by atoms with van der Waals surface area (Å²) in [6.45, 7) is 4.79. The van der Waals surface area contributed by atoms with E-state index in [1.165, 1.54) is 12.2 Å². The van der Waals surface area contributed by atoms with E-state index in [0.29, 0.717) is 22.8 Å². The average Bonchev–Trinajstić information content (AvgIpc) is 3.47. The molecule has 2 aromatic rings. The minimum absolute atomic E-state index is 0.119. The van der Waals surface area contributed by atoms with Gasteiger partial charge in [0.1, 0.15) is 0 Å². The van der Waals surface area contributed by atoms with E-state index in [-0.39, 0.29) is 56.4 Å².